The van der Waals surface area contributed by atoms with Gasteiger partial charge in [-0.15, -0.1) is 0 Å². The van der Waals surface area contributed by atoms with Gasteiger partial charge in [0.2, 0.25) is 0 Å². The lowest BCUT2D eigenvalue weighted by Crippen LogP contribution is -2.49. The quantitative estimate of drug-likeness (QED) is 0.920. The van der Waals surface area contributed by atoms with Crippen molar-refractivity contribution in [2.24, 2.45) is 0 Å². The molecule has 7 heteroatoms. The van der Waals surface area contributed by atoms with Gasteiger partial charge in [-0.05, 0) is 38.4 Å². The number of amides is 1. The minimum atomic E-state index is -4.34. The van der Waals surface area contributed by atoms with Gasteiger partial charge in [-0.1, -0.05) is 18.2 Å². The van der Waals surface area contributed by atoms with Gasteiger partial charge in [-0.3, -0.25) is 4.90 Å². The lowest BCUT2D eigenvalue weighted by Gasteiger charge is -2.39. The van der Waals surface area contributed by atoms with Gasteiger partial charge in [-0.25, -0.2) is 4.79 Å². The Morgan fingerprint density at radius 1 is 1.43 bits per heavy atom. The van der Waals surface area contributed by atoms with E-state index in [1.807, 2.05) is 18.9 Å². The van der Waals surface area contributed by atoms with Gasteiger partial charge < -0.3 is 10.0 Å². The molecule has 1 heterocycles. The normalized spacial score (nSPS) is 22.4. The van der Waals surface area contributed by atoms with Gasteiger partial charge in [0.1, 0.15) is 0 Å². The summed E-state index contributed by atoms with van der Waals surface area (Å²) in [6.45, 7) is 2.72. The Labute approximate surface area is 133 Å². The van der Waals surface area contributed by atoms with Gasteiger partial charge in [0.15, 0.2) is 0 Å². The first-order chi connectivity index (χ1) is 10.7. The van der Waals surface area contributed by atoms with Crippen LogP contribution in [0.5, 0.6) is 0 Å². The number of benzene rings is 1. The maximum absolute atomic E-state index is 12.8. The molecule has 0 unspecified atom stereocenters. The second kappa shape index (κ2) is 6.78. The van der Waals surface area contributed by atoms with Crippen LogP contribution in [0.4, 0.5) is 18.0 Å². The van der Waals surface area contributed by atoms with Crippen LogP contribution in [0.2, 0.25) is 0 Å². The highest BCUT2D eigenvalue weighted by atomic mass is 19.4. The van der Waals surface area contributed by atoms with Crippen molar-refractivity contribution in [1.82, 2.24) is 9.80 Å². The third kappa shape index (κ3) is 4.37. The first-order valence-corrected chi connectivity index (χ1v) is 7.54. The fourth-order valence-electron chi connectivity index (χ4n) is 3.09. The molecule has 2 atom stereocenters. The molecule has 1 fully saturated rings. The molecular weight excluding hydrogens is 309 g/mol. The van der Waals surface area contributed by atoms with Crippen molar-refractivity contribution in [1.29, 1.82) is 0 Å². The van der Waals surface area contributed by atoms with Crippen molar-refractivity contribution in [3.05, 3.63) is 35.4 Å². The number of rotatable bonds is 3. The summed E-state index contributed by atoms with van der Waals surface area (Å²) in [6.07, 6.45) is -3.89. The molecule has 0 spiro atoms. The van der Waals surface area contributed by atoms with Gasteiger partial charge in [-0.2, -0.15) is 13.2 Å². The average Bonchev–Trinajstić information content (AvgIpc) is 2.46. The largest absolute Gasteiger partial charge is 0.465 e. The van der Waals surface area contributed by atoms with Gasteiger partial charge in [0, 0.05) is 25.2 Å². The minimum Gasteiger partial charge on any atom is -0.465 e. The molecule has 0 radical (unpaired) electrons. The van der Waals surface area contributed by atoms with Crippen LogP contribution in [0.1, 0.15) is 30.9 Å². The van der Waals surface area contributed by atoms with Crippen LogP contribution in [0.25, 0.3) is 0 Å². The maximum atomic E-state index is 12.8. The van der Waals surface area contributed by atoms with Crippen LogP contribution >= 0.6 is 0 Å². The number of carboxylic acid groups (broad SMARTS) is 1. The number of likely N-dealkylation sites (tertiary alicyclic amines) is 1. The lowest BCUT2D eigenvalue weighted by atomic mass is 9.97. The second-order valence-corrected chi connectivity index (χ2v) is 6.12. The fraction of sp³-hybridized carbons (Fsp3) is 0.562. The van der Waals surface area contributed by atoms with Crippen LogP contribution in [0.3, 0.4) is 0 Å². The average molecular weight is 330 g/mol. The Kier molecular flexibility index (Phi) is 5.19. The molecule has 0 bridgehead atoms. The van der Waals surface area contributed by atoms with Crippen LogP contribution in [0, 0.1) is 0 Å². The molecule has 1 aromatic rings. The second-order valence-electron chi connectivity index (χ2n) is 6.12. The SMILES string of the molecule is C[C@H]1C[C@@H](N(C)Cc2cccc(C(F)(F)F)c2)CCN1C(=O)O. The van der Waals surface area contributed by atoms with Crippen LogP contribution in [0.15, 0.2) is 24.3 Å². The van der Waals surface area contributed by atoms with Crippen LogP contribution in [-0.2, 0) is 12.7 Å². The van der Waals surface area contributed by atoms with Gasteiger partial charge in [0.05, 0.1) is 5.56 Å². The molecule has 128 valence electrons. The summed E-state index contributed by atoms with van der Waals surface area (Å²) in [5, 5.41) is 9.08. The van der Waals surface area contributed by atoms with E-state index in [9.17, 15) is 18.0 Å². The van der Waals surface area contributed by atoms with E-state index < -0.39 is 17.8 Å². The highest BCUT2D eigenvalue weighted by molar-refractivity contribution is 5.65. The number of carbonyl (C=O) groups is 1. The van der Waals surface area contributed by atoms with Crippen molar-refractivity contribution >= 4 is 6.09 Å². The predicted octanol–water partition coefficient (Wildman–Crippen LogP) is 3.67. The summed E-state index contributed by atoms with van der Waals surface area (Å²) in [5.74, 6) is 0. The number of nitrogens with zero attached hydrogens (tertiary/aromatic N) is 2. The van der Waals surface area contributed by atoms with Crippen molar-refractivity contribution < 1.29 is 23.1 Å². The summed E-state index contributed by atoms with van der Waals surface area (Å²) in [6, 6.07) is 5.41. The predicted molar refractivity (Wildman–Crippen MR) is 80.1 cm³/mol. The molecule has 23 heavy (non-hydrogen) atoms. The highest BCUT2D eigenvalue weighted by Gasteiger charge is 2.32. The van der Waals surface area contributed by atoms with Crippen molar-refractivity contribution in [3.8, 4) is 0 Å². The summed E-state index contributed by atoms with van der Waals surface area (Å²) >= 11 is 0. The van der Waals surface area contributed by atoms with Crippen molar-refractivity contribution in [2.45, 2.75) is 44.6 Å². The summed E-state index contributed by atoms with van der Waals surface area (Å²) in [5.41, 5.74) is -0.0342. The Morgan fingerprint density at radius 3 is 2.70 bits per heavy atom. The van der Waals surface area contributed by atoms with Gasteiger partial charge >= 0.3 is 12.3 Å². The zero-order valence-corrected chi connectivity index (χ0v) is 13.2. The minimum absolute atomic E-state index is 0.0878. The summed E-state index contributed by atoms with van der Waals surface area (Å²) in [7, 11) is 1.87. The van der Waals surface area contributed by atoms with E-state index in [0.29, 0.717) is 31.5 Å². The fourth-order valence-corrected chi connectivity index (χ4v) is 3.09. The molecule has 2 rings (SSSR count). The molecule has 4 nitrogen and oxygen atoms in total. The number of alkyl halides is 3. The standard InChI is InChI=1S/C16H21F3N2O2/c1-11-8-14(6-7-21(11)15(22)23)20(2)10-12-4-3-5-13(9-12)16(17,18)19/h3-5,9,11,14H,6-8,10H2,1-2H3,(H,22,23)/t11-,14-/m0/s1. The smallest absolute Gasteiger partial charge is 0.416 e. The van der Waals surface area contributed by atoms with Gasteiger partial charge in [0.25, 0.3) is 0 Å². The Bertz CT molecular complexity index is 563. The third-order valence-corrected chi connectivity index (χ3v) is 4.40. The Balaban J connectivity index is 2.00. The van der Waals surface area contributed by atoms with E-state index in [-0.39, 0.29) is 12.1 Å². The van der Waals surface area contributed by atoms with E-state index in [1.54, 1.807) is 6.07 Å². The summed E-state index contributed by atoms with van der Waals surface area (Å²) < 4.78 is 38.3. The van der Waals surface area contributed by atoms with Crippen LogP contribution in [-0.4, -0.2) is 46.7 Å². The maximum Gasteiger partial charge on any atom is 0.416 e. The molecule has 0 aliphatic carbocycles. The van der Waals surface area contributed by atoms with E-state index in [1.165, 1.54) is 17.0 Å². The monoisotopic (exact) mass is 330 g/mol. The van der Waals surface area contributed by atoms with E-state index in [0.717, 1.165) is 6.07 Å². The molecule has 1 amide bonds. The number of hydrogen-bond donors (Lipinski definition) is 1. The van der Waals surface area contributed by atoms with E-state index in [2.05, 4.69) is 0 Å². The van der Waals surface area contributed by atoms with E-state index >= 15 is 0 Å². The Morgan fingerprint density at radius 2 is 2.13 bits per heavy atom. The number of piperidine rings is 1. The van der Waals surface area contributed by atoms with E-state index in [4.69, 9.17) is 5.11 Å². The van der Waals surface area contributed by atoms with Crippen molar-refractivity contribution in [3.63, 3.8) is 0 Å². The zero-order chi connectivity index (χ0) is 17.2. The molecule has 1 aliphatic rings. The molecule has 0 saturated carbocycles. The molecule has 0 aromatic heterocycles. The first kappa shape index (κ1) is 17.6. The lowest BCUT2D eigenvalue weighted by molar-refractivity contribution is -0.137. The molecule has 1 aromatic carbocycles. The zero-order valence-electron chi connectivity index (χ0n) is 13.2. The highest BCUT2D eigenvalue weighted by Crippen LogP contribution is 2.30. The van der Waals surface area contributed by atoms with Crippen LogP contribution < -0.4 is 0 Å². The molecule has 1 N–H and O–H groups in total. The first-order valence-electron chi connectivity index (χ1n) is 7.54. The number of hydrogen-bond acceptors (Lipinski definition) is 2. The summed E-state index contributed by atoms with van der Waals surface area (Å²) in [4.78, 5) is 14.5. The molecular formula is C16H21F3N2O2. The third-order valence-electron chi connectivity index (χ3n) is 4.40. The molecule has 1 saturated heterocycles. The van der Waals surface area contributed by atoms with Crippen molar-refractivity contribution in [2.75, 3.05) is 13.6 Å². The number of halogens is 3. The molecule has 1 aliphatic heterocycles. The Hall–Kier alpha value is -1.76. The topological polar surface area (TPSA) is 43.8 Å².